The van der Waals surface area contributed by atoms with Crippen molar-refractivity contribution in [2.75, 3.05) is 0 Å². The monoisotopic (exact) mass is 390 g/mol. The average Bonchev–Trinajstić information content (AvgIpc) is 2.72. The summed E-state index contributed by atoms with van der Waals surface area (Å²) in [6.07, 6.45) is 0. The van der Waals surface area contributed by atoms with E-state index < -0.39 is 0 Å². The van der Waals surface area contributed by atoms with Gasteiger partial charge in [-0.1, -0.05) is 103 Å². The first kappa shape index (κ1) is 20.8. The minimum Gasteiger partial charge on any atom is -0.412 e. The Labute approximate surface area is 171 Å². The summed E-state index contributed by atoms with van der Waals surface area (Å²) in [5.74, 6) is 0. The summed E-state index contributed by atoms with van der Waals surface area (Å²) < 4.78 is 0. The van der Waals surface area contributed by atoms with Crippen molar-refractivity contribution in [2.45, 2.75) is 9.79 Å². The van der Waals surface area contributed by atoms with E-state index in [0.29, 0.717) is 0 Å². The van der Waals surface area contributed by atoms with Crippen molar-refractivity contribution in [2.24, 2.45) is 0 Å². The average molecular weight is 391 g/mol. The fraction of sp³-hybridized carbons (Fsp3) is 0. The Morgan fingerprint density at radius 3 is 1.26 bits per heavy atom. The lowest BCUT2D eigenvalue weighted by Crippen LogP contribution is -1.80. The second-order valence-electron chi connectivity index (χ2n) is 5.77. The maximum atomic E-state index is 4.45. The molecule has 0 amide bonds. The molecule has 4 rings (SSSR count). The van der Waals surface area contributed by atoms with Gasteiger partial charge in [0, 0.05) is 9.79 Å². The van der Waals surface area contributed by atoms with Crippen molar-refractivity contribution in [3.63, 3.8) is 0 Å². The number of benzene rings is 4. The fourth-order valence-electron chi connectivity index (χ4n) is 2.64. The van der Waals surface area contributed by atoms with Crippen LogP contribution in [-0.2, 0) is 0 Å². The van der Waals surface area contributed by atoms with Crippen LogP contribution in [0.3, 0.4) is 0 Å². The molecule has 0 bridgehead atoms. The van der Waals surface area contributed by atoms with E-state index in [1.165, 1.54) is 16.7 Å². The van der Waals surface area contributed by atoms with Crippen LogP contribution in [-0.4, -0.2) is 5.48 Å². The van der Waals surface area contributed by atoms with Gasteiger partial charge in [0.25, 0.3) is 0 Å². The summed E-state index contributed by atoms with van der Waals surface area (Å²) in [4.78, 5) is 1.84. The molecule has 0 aliphatic heterocycles. The first-order chi connectivity index (χ1) is 12.8. The number of thiol groups is 2. The molecule has 4 aromatic carbocycles. The second kappa shape index (κ2) is 10.6. The van der Waals surface area contributed by atoms with Gasteiger partial charge in [0.2, 0.25) is 0 Å². The Morgan fingerprint density at radius 1 is 0.407 bits per heavy atom. The fourth-order valence-corrected chi connectivity index (χ4v) is 3.13. The first-order valence-corrected chi connectivity index (χ1v) is 9.32. The standard InChI is InChI=1S/C12H10S2.C12H10.H2O/c13-11-8-4-7-10(12(11)14)9-5-2-1-3-6-9;1-3-7-11(8-4-1)12-9-5-2-6-10-12;/h1-8,13-14H;1-10H;1H2. The molecule has 0 fully saturated rings. The van der Waals surface area contributed by atoms with Crippen molar-refractivity contribution in [1.82, 2.24) is 0 Å². The smallest absolute Gasteiger partial charge is 0.0253 e. The van der Waals surface area contributed by atoms with Crippen LogP contribution in [0, 0.1) is 0 Å². The highest BCUT2D eigenvalue weighted by Crippen LogP contribution is 2.30. The van der Waals surface area contributed by atoms with E-state index in [-0.39, 0.29) is 5.48 Å². The summed E-state index contributed by atoms with van der Waals surface area (Å²) in [6.45, 7) is 0. The van der Waals surface area contributed by atoms with Crippen molar-refractivity contribution in [3.05, 3.63) is 109 Å². The molecule has 2 N–H and O–H groups in total. The molecule has 0 radical (unpaired) electrons. The molecule has 0 saturated heterocycles. The topological polar surface area (TPSA) is 31.5 Å². The van der Waals surface area contributed by atoms with Crippen molar-refractivity contribution in [1.29, 1.82) is 0 Å². The zero-order chi connectivity index (χ0) is 18.2. The molecule has 27 heavy (non-hydrogen) atoms. The zero-order valence-electron chi connectivity index (χ0n) is 14.8. The molecule has 0 unspecified atom stereocenters. The number of rotatable bonds is 2. The quantitative estimate of drug-likeness (QED) is 0.368. The SMILES string of the molecule is O.Sc1cccc(-c2ccccc2)c1S.c1ccc(-c2ccccc2)cc1. The normalized spacial score (nSPS) is 9.56. The van der Waals surface area contributed by atoms with E-state index in [1.54, 1.807) is 0 Å². The molecule has 0 aromatic heterocycles. The molecular formula is C24H22OS2. The van der Waals surface area contributed by atoms with Crippen molar-refractivity contribution in [3.8, 4) is 22.3 Å². The first-order valence-electron chi connectivity index (χ1n) is 8.42. The highest BCUT2D eigenvalue weighted by atomic mass is 32.1. The molecule has 1 nitrogen and oxygen atoms in total. The van der Waals surface area contributed by atoms with Gasteiger partial charge in [-0.15, -0.1) is 25.3 Å². The van der Waals surface area contributed by atoms with Gasteiger partial charge in [0.05, 0.1) is 0 Å². The van der Waals surface area contributed by atoms with E-state index in [4.69, 9.17) is 0 Å². The predicted octanol–water partition coefficient (Wildman–Crippen LogP) is 6.46. The minimum absolute atomic E-state index is 0. The lowest BCUT2D eigenvalue weighted by molar-refractivity contribution is 0.824. The zero-order valence-corrected chi connectivity index (χ0v) is 16.6. The van der Waals surface area contributed by atoms with Gasteiger partial charge >= 0.3 is 0 Å². The van der Waals surface area contributed by atoms with Crippen LogP contribution >= 0.6 is 25.3 Å². The maximum Gasteiger partial charge on any atom is 0.0253 e. The van der Waals surface area contributed by atoms with E-state index >= 15 is 0 Å². The Bertz CT molecular complexity index is 902. The van der Waals surface area contributed by atoms with Crippen LogP contribution < -0.4 is 0 Å². The Morgan fingerprint density at radius 2 is 0.815 bits per heavy atom. The molecule has 0 saturated carbocycles. The minimum atomic E-state index is 0. The van der Waals surface area contributed by atoms with Crippen LogP contribution in [0.2, 0.25) is 0 Å². The molecule has 136 valence electrons. The van der Waals surface area contributed by atoms with E-state index in [2.05, 4.69) is 92.0 Å². The van der Waals surface area contributed by atoms with Crippen LogP contribution in [0.4, 0.5) is 0 Å². The number of hydrogen-bond acceptors (Lipinski definition) is 2. The van der Waals surface area contributed by atoms with Gasteiger partial charge in [-0.25, -0.2) is 0 Å². The summed E-state index contributed by atoms with van der Waals surface area (Å²) in [6, 6.07) is 37.0. The largest absolute Gasteiger partial charge is 0.412 e. The van der Waals surface area contributed by atoms with Gasteiger partial charge in [-0.3, -0.25) is 0 Å². The van der Waals surface area contributed by atoms with E-state index in [1.807, 2.05) is 42.5 Å². The van der Waals surface area contributed by atoms with Gasteiger partial charge < -0.3 is 5.48 Å². The molecular weight excluding hydrogens is 368 g/mol. The number of hydrogen-bond donors (Lipinski definition) is 2. The Balaban J connectivity index is 0.000000189. The molecule has 0 aliphatic carbocycles. The van der Waals surface area contributed by atoms with Crippen molar-refractivity contribution >= 4 is 25.3 Å². The van der Waals surface area contributed by atoms with Crippen LogP contribution in [0.25, 0.3) is 22.3 Å². The molecule has 0 heterocycles. The molecule has 0 aliphatic rings. The summed E-state index contributed by atoms with van der Waals surface area (Å²) in [7, 11) is 0. The molecule has 0 atom stereocenters. The van der Waals surface area contributed by atoms with Crippen LogP contribution in [0.15, 0.2) is 119 Å². The molecule has 3 heteroatoms. The summed E-state index contributed by atoms with van der Waals surface area (Å²) in [5, 5.41) is 0. The van der Waals surface area contributed by atoms with Gasteiger partial charge in [0.1, 0.15) is 0 Å². The summed E-state index contributed by atoms with van der Waals surface area (Å²) in [5.41, 5.74) is 4.85. The second-order valence-corrected chi connectivity index (χ2v) is 6.70. The van der Waals surface area contributed by atoms with Crippen molar-refractivity contribution < 1.29 is 5.48 Å². The third kappa shape index (κ3) is 5.76. The lowest BCUT2D eigenvalue weighted by atomic mass is 10.1. The lowest BCUT2D eigenvalue weighted by Gasteiger charge is -2.06. The van der Waals surface area contributed by atoms with Gasteiger partial charge in [-0.2, -0.15) is 0 Å². The maximum absolute atomic E-state index is 4.45. The third-order valence-corrected chi connectivity index (χ3v) is 5.01. The van der Waals surface area contributed by atoms with Crippen LogP contribution in [0.1, 0.15) is 0 Å². The van der Waals surface area contributed by atoms with Crippen LogP contribution in [0.5, 0.6) is 0 Å². The highest BCUT2D eigenvalue weighted by molar-refractivity contribution is 7.83. The Kier molecular flexibility index (Phi) is 8.21. The molecule has 0 spiro atoms. The Hall–Kier alpha value is -2.46. The molecule has 4 aromatic rings. The van der Waals surface area contributed by atoms with Gasteiger partial charge in [0.15, 0.2) is 0 Å². The predicted molar refractivity (Wildman–Crippen MR) is 122 cm³/mol. The third-order valence-electron chi connectivity index (χ3n) is 3.98. The van der Waals surface area contributed by atoms with E-state index in [0.717, 1.165) is 15.4 Å². The van der Waals surface area contributed by atoms with Gasteiger partial charge in [-0.05, 0) is 28.3 Å². The highest BCUT2D eigenvalue weighted by Gasteiger charge is 2.03. The van der Waals surface area contributed by atoms with E-state index in [9.17, 15) is 0 Å². The summed E-state index contributed by atoms with van der Waals surface area (Å²) >= 11 is 8.79.